The van der Waals surface area contributed by atoms with Crippen LogP contribution in [0.5, 0.6) is 23.0 Å². The number of hydrogen-bond donors (Lipinski definition) is 4. The molecule has 0 amide bonds. The molecular formula is C28H42N2O4. The Hall–Kier alpha value is -2.44. The molecule has 4 N–H and O–H groups in total. The van der Waals surface area contributed by atoms with Gasteiger partial charge in [0, 0.05) is 12.6 Å². The summed E-state index contributed by atoms with van der Waals surface area (Å²) < 4.78 is 0. The number of phenolic OH excluding ortho intramolecular Hbond substituents is 4. The van der Waals surface area contributed by atoms with Gasteiger partial charge in [0.15, 0.2) is 23.0 Å². The minimum Gasteiger partial charge on any atom is -0.504 e. The van der Waals surface area contributed by atoms with Crippen molar-refractivity contribution in [2.45, 2.75) is 70.8 Å². The summed E-state index contributed by atoms with van der Waals surface area (Å²) in [6.45, 7) is 7.67. The minimum atomic E-state index is -0.0620. The van der Waals surface area contributed by atoms with E-state index in [1.165, 1.54) is 44.9 Å². The van der Waals surface area contributed by atoms with Crippen molar-refractivity contribution in [3.63, 3.8) is 0 Å². The Bertz CT molecular complexity index is 889. The number of aromatic hydroxyl groups is 4. The quantitative estimate of drug-likeness (QED) is 0.229. The highest BCUT2D eigenvalue weighted by Crippen LogP contribution is 2.28. The summed E-state index contributed by atoms with van der Waals surface area (Å²) in [6.07, 6.45) is 10.2. The first-order chi connectivity index (χ1) is 16.5. The topological polar surface area (TPSA) is 87.4 Å². The molecule has 0 aromatic heterocycles. The predicted octanol–water partition coefficient (Wildman–Crippen LogP) is 5.03. The second kappa shape index (κ2) is 13.4. The smallest absolute Gasteiger partial charge is 0.157 e. The van der Waals surface area contributed by atoms with Crippen molar-refractivity contribution in [1.29, 1.82) is 0 Å². The first kappa shape index (κ1) is 26.2. The molecule has 0 aliphatic carbocycles. The van der Waals surface area contributed by atoms with Gasteiger partial charge in [0.25, 0.3) is 0 Å². The molecule has 1 saturated heterocycles. The molecule has 188 valence electrons. The van der Waals surface area contributed by atoms with E-state index in [0.29, 0.717) is 6.04 Å². The standard InChI is InChI=1S/C28H42N2O4/c1-2-3-14-29(18-13-22-9-11-25(31)27(33)20-22)15-5-4-6-16-30-17-7-8-24(30)19-23-10-12-26(32)28(34)21-23/h9-12,20-21,24,31-34H,2-8,13-19H2,1H3/t24-/m1/s1. The zero-order chi connectivity index (χ0) is 24.3. The van der Waals surface area contributed by atoms with Gasteiger partial charge in [-0.15, -0.1) is 0 Å². The average Bonchev–Trinajstić information content (AvgIpc) is 3.26. The Morgan fingerprint density at radius 3 is 2.18 bits per heavy atom. The lowest BCUT2D eigenvalue weighted by Gasteiger charge is -2.25. The van der Waals surface area contributed by atoms with Crippen LogP contribution in [0.15, 0.2) is 36.4 Å². The van der Waals surface area contributed by atoms with Gasteiger partial charge in [-0.1, -0.05) is 31.9 Å². The molecule has 34 heavy (non-hydrogen) atoms. The SMILES string of the molecule is CCCCN(CCCCCN1CCC[C@@H]1Cc1ccc(O)c(O)c1)CCc1ccc(O)c(O)c1. The lowest BCUT2D eigenvalue weighted by molar-refractivity contribution is 0.237. The van der Waals surface area contributed by atoms with Gasteiger partial charge in [0.2, 0.25) is 0 Å². The fraction of sp³-hybridized carbons (Fsp3) is 0.571. The summed E-state index contributed by atoms with van der Waals surface area (Å²) in [7, 11) is 0. The second-order valence-corrected chi connectivity index (χ2v) is 9.69. The van der Waals surface area contributed by atoms with Crippen LogP contribution in [-0.4, -0.2) is 69.0 Å². The summed E-state index contributed by atoms with van der Waals surface area (Å²) >= 11 is 0. The molecule has 3 rings (SSSR count). The van der Waals surface area contributed by atoms with Crippen LogP contribution in [0, 0.1) is 0 Å². The summed E-state index contributed by atoms with van der Waals surface area (Å²) in [5.41, 5.74) is 2.14. The minimum absolute atomic E-state index is 0.0307. The zero-order valence-corrected chi connectivity index (χ0v) is 20.6. The van der Waals surface area contributed by atoms with Crippen molar-refractivity contribution in [1.82, 2.24) is 9.80 Å². The predicted molar refractivity (Wildman–Crippen MR) is 137 cm³/mol. The number of unbranched alkanes of at least 4 members (excludes halogenated alkanes) is 3. The van der Waals surface area contributed by atoms with E-state index >= 15 is 0 Å². The van der Waals surface area contributed by atoms with Crippen LogP contribution in [0.25, 0.3) is 0 Å². The first-order valence-corrected chi connectivity index (χ1v) is 12.9. The molecule has 2 aromatic rings. The van der Waals surface area contributed by atoms with E-state index in [1.54, 1.807) is 24.3 Å². The van der Waals surface area contributed by atoms with Gasteiger partial charge in [0.1, 0.15) is 0 Å². The zero-order valence-electron chi connectivity index (χ0n) is 20.6. The van der Waals surface area contributed by atoms with Crippen molar-refractivity contribution in [2.75, 3.05) is 32.7 Å². The third-order valence-corrected chi connectivity index (χ3v) is 7.01. The number of rotatable bonds is 14. The Labute approximate surface area is 204 Å². The van der Waals surface area contributed by atoms with Crippen LogP contribution in [0.3, 0.4) is 0 Å². The third kappa shape index (κ3) is 8.10. The van der Waals surface area contributed by atoms with Crippen molar-refractivity contribution in [3.05, 3.63) is 47.5 Å². The maximum atomic E-state index is 9.78. The molecule has 1 fully saturated rings. The van der Waals surface area contributed by atoms with Crippen LogP contribution in [0.4, 0.5) is 0 Å². The number of nitrogens with zero attached hydrogens (tertiary/aromatic N) is 2. The number of likely N-dealkylation sites (tertiary alicyclic amines) is 1. The van der Waals surface area contributed by atoms with Gasteiger partial charge in [-0.25, -0.2) is 0 Å². The molecule has 0 saturated carbocycles. The van der Waals surface area contributed by atoms with Crippen molar-refractivity contribution in [2.24, 2.45) is 0 Å². The van der Waals surface area contributed by atoms with Gasteiger partial charge in [-0.2, -0.15) is 0 Å². The lowest BCUT2D eigenvalue weighted by Crippen LogP contribution is -2.32. The maximum Gasteiger partial charge on any atom is 0.157 e. The van der Waals surface area contributed by atoms with Crippen LogP contribution in [0.1, 0.15) is 63.0 Å². The summed E-state index contributed by atoms with van der Waals surface area (Å²) in [5.74, 6) is -0.189. The molecule has 2 aromatic carbocycles. The molecule has 6 nitrogen and oxygen atoms in total. The lowest BCUT2D eigenvalue weighted by atomic mass is 10.0. The van der Waals surface area contributed by atoms with E-state index in [-0.39, 0.29) is 23.0 Å². The molecule has 1 aliphatic rings. The Morgan fingerprint density at radius 1 is 0.794 bits per heavy atom. The van der Waals surface area contributed by atoms with E-state index < -0.39 is 0 Å². The monoisotopic (exact) mass is 470 g/mol. The van der Waals surface area contributed by atoms with Crippen LogP contribution < -0.4 is 0 Å². The summed E-state index contributed by atoms with van der Waals surface area (Å²) in [6, 6.07) is 10.8. The van der Waals surface area contributed by atoms with Crippen molar-refractivity contribution in [3.8, 4) is 23.0 Å². The van der Waals surface area contributed by atoms with E-state index in [0.717, 1.165) is 56.7 Å². The van der Waals surface area contributed by atoms with Crippen LogP contribution >= 0.6 is 0 Å². The molecule has 1 atom stereocenters. The fourth-order valence-corrected chi connectivity index (χ4v) is 4.94. The highest BCUT2D eigenvalue weighted by atomic mass is 16.3. The van der Waals surface area contributed by atoms with Crippen molar-refractivity contribution >= 4 is 0 Å². The third-order valence-electron chi connectivity index (χ3n) is 7.01. The van der Waals surface area contributed by atoms with E-state index in [1.807, 2.05) is 12.1 Å². The molecule has 6 heteroatoms. The largest absolute Gasteiger partial charge is 0.504 e. The molecule has 0 unspecified atom stereocenters. The van der Waals surface area contributed by atoms with Crippen LogP contribution in [0.2, 0.25) is 0 Å². The van der Waals surface area contributed by atoms with Crippen LogP contribution in [-0.2, 0) is 12.8 Å². The fourth-order valence-electron chi connectivity index (χ4n) is 4.94. The van der Waals surface area contributed by atoms with Gasteiger partial charge in [0.05, 0.1) is 0 Å². The highest BCUT2D eigenvalue weighted by molar-refractivity contribution is 5.41. The van der Waals surface area contributed by atoms with E-state index in [4.69, 9.17) is 0 Å². The molecule has 0 spiro atoms. The first-order valence-electron chi connectivity index (χ1n) is 12.9. The Kier molecular flexibility index (Phi) is 10.4. The van der Waals surface area contributed by atoms with Gasteiger partial charge in [-0.05, 0) is 107 Å². The Balaban J connectivity index is 1.38. The van der Waals surface area contributed by atoms with Gasteiger partial charge >= 0.3 is 0 Å². The summed E-state index contributed by atoms with van der Waals surface area (Å²) in [5, 5.41) is 38.6. The highest BCUT2D eigenvalue weighted by Gasteiger charge is 2.24. The molecule has 0 bridgehead atoms. The normalized spacial score (nSPS) is 16.5. The Morgan fingerprint density at radius 2 is 1.47 bits per heavy atom. The number of hydrogen-bond acceptors (Lipinski definition) is 6. The van der Waals surface area contributed by atoms with Gasteiger partial charge in [-0.3, -0.25) is 0 Å². The number of phenols is 4. The second-order valence-electron chi connectivity index (χ2n) is 9.69. The average molecular weight is 471 g/mol. The maximum absolute atomic E-state index is 9.78. The van der Waals surface area contributed by atoms with E-state index in [2.05, 4.69) is 16.7 Å². The number of benzene rings is 2. The molecular weight excluding hydrogens is 428 g/mol. The van der Waals surface area contributed by atoms with Crippen molar-refractivity contribution < 1.29 is 20.4 Å². The summed E-state index contributed by atoms with van der Waals surface area (Å²) in [4.78, 5) is 5.12. The molecule has 0 radical (unpaired) electrons. The van der Waals surface area contributed by atoms with Gasteiger partial charge < -0.3 is 30.2 Å². The molecule has 1 aliphatic heterocycles. The van der Waals surface area contributed by atoms with E-state index in [9.17, 15) is 20.4 Å². The molecule has 1 heterocycles.